The van der Waals surface area contributed by atoms with Gasteiger partial charge >= 0.3 is 0 Å². The summed E-state index contributed by atoms with van der Waals surface area (Å²) in [4.78, 5) is 0. The molecule has 2 N–H and O–H groups in total. The number of aliphatic hydroxyl groups is 1. The van der Waals surface area contributed by atoms with Crippen molar-refractivity contribution in [3.05, 3.63) is 63.6 Å². The highest BCUT2D eigenvalue weighted by Crippen LogP contribution is 2.26. The van der Waals surface area contributed by atoms with E-state index in [9.17, 15) is 5.11 Å². The Morgan fingerprint density at radius 2 is 1.90 bits per heavy atom. The number of hydrogen-bond acceptors (Lipinski definition) is 2. The summed E-state index contributed by atoms with van der Waals surface area (Å²) in [6.45, 7) is 2.11. The number of halogens is 2. The van der Waals surface area contributed by atoms with Crippen molar-refractivity contribution < 1.29 is 5.11 Å². The summed E-state index contributed by atoms with van der Waals surface area (Å²) < 4.78 is 1.04. The molecule has 0 heterocycles. The number of rotatable bonds is 6. The Labute approximate surface area is 139 Å². The van der Waals surface area contributed by atoms with Gasteiger partial charge in [-0.25, -0.2) is 0 Å². The van der Waals surface area contributed by atoms with Crippen molar-refractivity contribution in [2.75, 3.05) is 5.32 Å². The molecular formula is C17H19BrClNO. The van der Waals surface area contributed by atoms with Gasteiger partial charge in [0.2, 0.25) is 0 Å². The van der Waals surface area contributed by atoms with Gasteiger partial charge in [0.15, 0.2) is 0 Å². The molecule has 0 fully saturated rings. The summed E-state index contributed by atoms with van der Waals surface area (Å²) in [6, 6.07) is 15.3. The first-order chi connectivity index (χ1) is 10.1. The molecule has 0 aliphatic heterocycles. The lowest BCUT2D eigenvalue weighted by Gasteiger charge is -2.25. The molecule has 2 aromatic rings. The average Bonchev–Trinajstić information content (AvgIpc) is 2.48. The first-order valence-electron chi connectivity index (χ1n) is 7.05. The molecule has 0 aromatic heterocycles. The molecule has 2 atom stereocenters. The molecule has 2 unspecified atom stereocenters. The molecule has 0 spiro atoms. The van der Waals surface area contributed by atoms with E-state index in [1.54, 1.807) is 0 Å². The SMILES string of the molecule is CCCC(Nc1ccc(Br)cc1)C(O)c1cccc(Cl)c1. The fourth-order valence-electron chi connectivity index (χ4n) is 2.30. The van der Waals surface area contributed by atoms with Gasteiger partial charge in [-0.3, -0.25) is 0 Å². The number of nitrogens with one attached hydrogen (secondary N) is 1. The lowest BCUT2D eigenvalue weighted by molar-refractivity contribution is 0.150. The van der Waals surface area contributed by atoms with Crippen LogP contribution >= 0.6 is 27.5 Å². The first-order valence-corrected chi connectivity index (χ1v) is 8.23. The van der Waals surface area contributed by atoms with Crippen LogP contribution in [0.2, 0.25) is 5.02 Å². The number of benzene rings is 2. The van der Waals surface area contributed by atoms with Crippen molar-refractivity contribution in [3.8, 4) is 0 Å². The highest BCUT2D eigenvalue weighted by atomic mass is 79.9. The van der Waals surface area contributed by atoms with E-state index >= 15 is 0 Å². The second-order valence-electron chi connectivity index (χ2n) is 5.05. The minimum absolute atomic E-state index is 0.0466. The summed E-state index contributed by atoms with van der Waals surface area (Å²) in [5.74, 6) is 0. The van der Waals surface area contributed by atoms with Crippen LogP contribution in [-0.4, -0.2) is 11.1 Å². The standard InChI is InChI=1S/C17H19BrClNO/c1-2-4-16(20-15-9-7-13(18)8-10-15)17(21)12-5-3-6-14(19)11-12/h3,5-11,16-17,20-21H,2,4H2,1H3. The Morgan fingerprint density at radius 1 is 1.19 bits per heavy atom. The summed E-state index contributed by atoms with van der Waals surface area (Å²) >= 11 is 9.44. The van der Waals surface area contributed by atoms with Gasteiger partial charge in [-0.15, -0.1) is 0 Å². The predicted molar refractivity (Wildman–Crippen MR) is 92.9 cm³/mol. The van der Waals surface area contributed by atoms with Gasteiger partial charge in [0.25, 0.3) is 0 Å². The van der Waals surface area contributed by atoms with Gasteiger partial charge in [0.05, 0.1) is 12.1 Å². The Kier molecular flexibility index (Phi) is 6.09. The quantitative estimate of drug-likeness (QED) is 0.714. The van der Waals surface area contributed by atoms with E-state index in [0.29, 0.717) is 5.02 Å². The van der Waals surface area contributed by atoms with Crippen LogP contribution in [0.25, 0.3) is 0 Å². The summed E-state index contributed by atoms with van der Waals surface area (Å²) in [5, 5.41) is 14.7. The van der Waals surface area contributed by atoms with Crippen LogP contribution in [-0.2, 0) is 0 Å². The van der Waals surface area contributed by atoms with Crippen molar-refractivity contribution in [2.45, 2.75) is 31.9 Å². The second-order valence-corrected chi connectivity index (χ2v) is 6.40. The molecule has 0 bridgehead atoms. The predicted octanol–water partition coefficient (Wildman–Crippen LogP) is 5.42. The maximum atomic E-state index is 10.6. The summed E-state index contributed by atoms with van der Waals surface area (Å²) in [7, 11) is 0. The Bertz CT molecular complexity index is 573. The van der Waals surface area contributed by atoms with Crippen LogP contribution in [0.15, 0.2) is 53.0 Å². The highest BCUT2D eigenvalue weighted by Gasteiger charge is 2.20. The fourth-order valence-corrected chi connectivity index (χ4v) is 2.77. The van der Waals surface area contributed by atoms with Crippen molar-refractivity contribution in [3.63, 3.8) is 0 Å². The topological polar surface area (TPSA) is 32.3 Å². The van der Waals surface area contributed by atoms with E-state index in [2.05, 4.69) is 28.2 Å². The smallest absolute Gasteiger partial charge is 0.0991 e. The third kappa shape index (κ3) is 4.73. The molecule has 2 rings (SSSR count). The number of anilines is 1. The third-order valence-corrected chi connectivity index (χ3v) is 4.13. The second kappa shape index (κ2) is 7.83. The van der Waals surface area contributed by atoms with E-state index in [-0.39, 0.29) is 6.04 Å². The zero-order valence-corrected chi connectivity index (χ0v) is 14.2. The van der Waals surface area contributed by atoms with Gasteiger partial charge < -0.3 is 10.4 Å². The molecule has 0 radical (unpaired) electrons. The lowest BCUT2D eigenvalue weighted by Crippen LogP contribution is -2.27. The molecule has 21 heavy (non-hydrogen) atoms. The monoisotopic (exact) mass is 367 g/mol. The fraction of sp³-hybridized carbons (Fsp3) is 0.294. The normalized spacial score (nSPS) is 13.7. The molecule has 0 aliphatic rings. The largest absolute Gasteiger partial charge is 0.386 e. The minimum atomic E-state index is -0.590. The van der Waals surface area contributed by atoms with Gasteiger partial charge in [0.1, 0.15) is 0 Å². The number of hydrogen-bond donors (Lipinski definition) is 2. The highest BCUT2D eigenvalue weighted by molar-refractivity contribution is 9.10. The van der Waals surface area contributed by atoms with E-state index in [0.717, 1.165) is 28.6 Å². The first kappa shape index (κ1) is 16.3. The maximum absolute atomic E-state index is 10.6. The van der Waals surface area contributed by atoms with Gasteiger partial charge in [-0.05, 0) is 48.4 Å². The van der Waals surface area contributed by atoms with Crippen LogP contribution < -0.4 is 5.32 Å². The Balaban J connectivity index is 2.15. The third-order valence-electron chi connectivity index (χ3n) is 3.37. The zero-order valence-electron chi connectivity index (χ0n) is 11.9. The van der Waals surface area contributed by atoms with Gasteiger partial charge in [-0.2, -0.15) is 0 Å². The average molecular weight is 369 g/mol. The van der Waals surface area contributed by atoms with Crippen LogP contribution in [0.1, 0.15) is 31.4 Å². The van der Waals surface area contributed by atoms with Crippen molar-refractivity contribution in [2.24, 2.45) is 0 Å². The Hall–Kier alpha value is -1.03. The maximum Gasteiger partial charge on any atom is 0.0991 e. The van der Waals surface area contributed by atoms with Crippen LogP contribution in [0.4, 0.5) is 5.69 Å². The van der Waals surface area contributed by atoms with Crippen molar-refractivity contribution >= 4 is 33.2 Å². The summed E-state index contributed by atoms with van der Waals surface area (Å²) in [6.07, 6.45) is 1.28. The molecule has 4 heteroatoms. The minimum Gasteiger partial charge on any atom is -0.386 e. The molecule has 0 saturated heterocycles. The van der Waals surface area contributed by atoms with E-state index in [4.69, 9.17) is 11.6 Å². The molecule has 0 saturated carbocycles. The molecule has 2 aromatic carbocycles. The van der Waals surface area contributed by atoms with Crippen LogP contribution in [0, 0.1) is 0 Å². The van der Waals surface area contributed by atoms with Crippen molar-refractivity contribution in [1.82, 2.24) is 0 Å². The number of aliphatic hydroxyl groups excluding tert-OH is 1. The van der Waals surface area contributed by atoms with Gasteiger partial charge in [-0.1, -0.05) is 53.0 Å². The van der Waals surface area contributed by atoms with Crippen LogP contribution in [0.5, 0.6) is 0 Å². The van der Waals surface area contributed by atoms with Crippen molar-refractivity contribution in [1.29, 1.82) is 0 Å². The molecule has 2 nitrogen and oxygen atoms in total. The van der Waals surface area contributed by atoms with Crippen LogP contribution in [0.3, 0.4) is 0 Å². The molecule has 0 amide bonds. The lowest BCUT2D eigenvalue weighted by atomic mass is 9.98. The molecule has 112 valence electrons. The van der Waals surface area contributed by atoms with E-state index in [1.165, 1.54) is 0 Å². The Morgan fingerprint density at radius 3 is 2.52 bits per heavy atom. The zero-order chi connectivity index (χ0) is 15.2. The van der Waals surface area contributed by atoms with Gasteiger partial charge in [0, 0.05) is 15.2 Å². The van der Waals surface area contributed by atoms with E-state index in [1.807, 2.05) is 48.5 Å². The summed E-state index contributed by atoms with van der Waals surface area (Å²) in [5.41, 5.74) is 1.84. The van der Waals surface area contributed by atoms with E-state index < -0.39 is 6.10 Å². The molecule has 0 aliphatic carbocycles. The molecular weight excluding hydrogens is 350 g/mol.